The van der Waals surface area contributed by atoms with Gasteiger partial charge in [0.25, 0.3) is 0 Å². The molecule has 138 valence electrons. The number of rotatable bonds is 3. The first kappa shape index (κ1) is 18.0. The molecule has 2 aromatic carbocycles. The Balaban J connectivity index is 1.58. The second kappa shape index (κ2) is 7.71. The van der Waals surface area contributed by atoms with Crippen LogP contribution in [0.25, 0.3) is 11.4 Å². The largest absolute Gasteiger partial charge is 0.506 e. The zero-order chi connectivity index (χ0) is 18.8. The number of fused-ring (bicyclic) bond motifs is 1. The highest BCUT2D eigenvalue weighted by molar-refractivity contribution is 6.36. The summed E-state index contributed by atoms with van der Waals surface area (Å²) in [6.07, 6.45) is 6.10. The lowest BCUT2D eigenvalue weighted by Crippen LogP contribution is -2.02. The van der Waals surface area contributed by atoms with Crippen LogP contribution in [-0.4, -0.2) is 26.1 Å². The van der Waals surface area contributed by atoms with Crippen molar-refractivity contribution in [3.63, 3.8) is 0 Å². The van der Waals surface area contributed by atoms with Crippen molar-refractivity contribution in [3.8, 4) is 17.1 Å². The van der Waals surface area contributed by atoms with Crippen molar-refractivity contribution in [2.75, 3.05) is 0 Å². The van der Waals surface area contributed by atoms with Crippen molar-refractivity contribution in [2.45, 2.75) is 32.2 Å². The van der Waals surface area contributed by atoms with Gasteiger partial charge in [-0.05, 0) is 49.2 Å². The Labute approximate surface area is 167 Å². The second-order valence-electron chi connectivity index (χ2n) is 6.53. The summed E-state index contributed by atoms with van der Waals surface area (Å²) >= 11 is 11.9. The van der Waals surface area contributed by atoms with Crippen molar-refractivity contribution >= 4 is 35.1 Å². The fraction of sp³-hybridized carbons (Fsp3) is 0.250. The number of nitrogens with zero attached hydrogens (tertiary/aromatic N) is 4. The Morgan fingerprint density at radius 3 is 2.67 bits per heavy atom. The van der Waals surface area contributed by atoms with E-state index < -0.39 is 0 Å². The van der Waals surface area contributed by atoms with Gasteiger partial charge in [0.15, 0.2) is 5.82 Å². The molecule has 0 unspecified atom stereocenters. The normalized spacial score (nSPS) is 14.3. The molecule has 1 N–H and O–H groups in total. The third-order valence-corrected chi connectivity index (χ3v) is 5.15. The number of aromatic hydroxyl groups is 1. The van der Waals surface area contributed by atoms with Gasteiger partial charge in [0.05, 0.1) is 10.7 Å². The molecular weight excluding hydrogens is 383 g/mol. The van der Waals surface area contributed by atoms with E-state index in [1.165, 1.54) is 18.9 Å². The van der Waals surface area contributed by atoms with E-state index >= 15 is 0 Å². The van der Waals surface area contributed by atoms with Crippen LogP contribution in [0.1, 0.15) is 30.7 Å². The Kier molecular flexibility index (Phi) is 5.14. The molecule has 0 saturated carbocycles. The van der Waals surface area contributed by atoms with E-state index in [1.54, 1.807) is 12.3 Å². The number of hydrogen-bond acceptors (Lipinski definition) is 4. The molecule has 0 saturated heterocycles. The molecule has 0 aliphatic carbocycles. The molecule has 1 aromatic heterocycles. The Morgan fingerprint density at radius 1 is 1.04 bits per heavy atom. The lowest BCUT2D eigenvalue weighted by atomic mass is 10.2. The van der Waals surface area contributed by atoms with Crippen LogP contribution in [-0.2, 0) is 13.0 Å². The maximum absolute atomic E-state index is 10.0. The zero-order valence-electron chi connectivity index (χ0n) is 14.6. The summed E-state index contributed by atoms with van der Waals surface area (Å²) in [5, 5.41) is 19.4. The molecule has 5 nitrogen and oxygen atoms in total. The molecule has 0 fully saturated rings. The summed E-state index contributed by atoms with van der Waals surface area (Å²) in [5.41, 5.74) is 2.24. The summed E-state index contributed by atoms with van der Waals surface area (Å²) in [6.45, 7) is 0.965. The molecule has 1 aliphatic heterocycles. The van der Waals surface area contributed by atoms with E-state index in [2.05, 4.69) is 19.8 Å². The fourth-order valence-electron chi connectivity index (χ4n) is 3.22. The number of halogens is 2. The number of aryl methyl sites for hydroxylation is 1. The average Bonchev–Trinajstić information content (AvgIpc) is 2.92. The van der Waals surface area contributed by atoms with Crippen LogP contribution in [0.2, 0.25) is 10.0 Å². The molecule has 0 amide bonds. The molecule has 7 heteroatoms. The Bertz CT molecular complexity index is 996. The molecule has 4 rings (SSSR count). The van der Waals surface area contributed by atoms with E-state index in [0.29, 0.717) is 10.6 Å². The maximum atomic E-state index is 10.0. The van der Waals surface area contributed by atoms with Gasteiger partial charge in [0.1, 0.15) is 11.6 Å². The van der Waals surface area contributed by atoms with Gasteiger partial charge in [0.2, 0.25) is 0 Å². The predicted molar refractivity (Wildman–Crippen MR) is 108 cm³/mol. The van der Waals surface area contributed by atoms with Gasteiger partial charge >= 0.3 is 0 Å². The first-order valence-corrected chi connectivity index (χ1v) is 9.62. The van der Waals surface area contributed by atoms with Gasteiger partial charge < -0.3 is 9.67 Å². The van der Waals surface area contributed by atoms with Crippen molar-refractivity contribution in [2.24, 2.45) is 4.99 Å². The van der Waals surface area contributed by atoms with Crippen molar-refractivity contribution < 1.29 is 5.11 Å². The number of phenolic OH excluding ortho intramolecular Hbond substituents is 1. The van der Waals surface area contributed by atoms with Crippen LogP contribution in [0.5, 0.6) is 5.75 Å². The van der Waals surface area contributed by atoms with E-state index in [1.807, 2.05) is 24.3 Å². The molecule has 3 aromatic rings. The molecule has 0 atom stereocenters. The van der Waals surface area contributed by atoms with Gasteiger partial charge in [0, 0.05) is 35.3 Å². The van der Waals surface area contributed by atoms with Crippen LogP contribution < -0.4 is 0 Å². The maximum Gasteiger partial charge on any atom is 0.163 e. The van der Waals surface area contributed by atoms with Crippen molar-refractivity contribution in [3.05, 3.63) is 57.8 Å². The first-order chi connectivity index (χ1) is 13.1. The number of aliphatic imine (C=N–C) groups is 1. The quantitative estimate of drug-likeness (QED) is 0.595. The lowest BCUT2D eigenvalue weighted by molar-refractivity contribution is 0.475. The number of hydrogen-bond donors (Lipinski definition) is 1. The zero-order valence-corrected chi connectivity index (χ0v) is 16.1. The highest BCUT2D eigenvalue weighted by Crippen LogP contribution is 2.31. The van der Waals surface area contributed by atoms with Crippen LogP contribution in [0.3, 0.4) is 0 Å². The fourth-order valence-corrected chi connectivity index (χ4v) is 3.73. The number of benzene rings is 2. The summed E-state index contributed by atoms with van der Waals surface area (Å²) in [7, 11) is 0. The smallest absolute Gasteiger partial charge is 0.163 e. The molecular formula is C20H18Cl2N4O. The van der Waals surface area contributed by atoms with E-state index in [0.717, 1.165) is 42.3 Å². The highest BCUT2D eigenvalue weighted by atomic mass is 35.5. The summed E-state index contributed by atoms with van der Waals surface area (Å²) in [4.78, 5) is 4.40. The molecule has 27 heavy (non-hydrogen) atoms. The predicted octanol–water partition coefficient (Wildman–Crippen LogP) is 5.43. The van der Waals surface area contributed by atoms with E-state index in [-0.39, 0.29) is 10.8 Å². The molecule has 1 aliphatic rings. The summed E-state index contributed by atoms with van der Waals surface area (Å²) in [6, 6.07) is 10.9. The third-order valence-electron chi connectivity index (χ3n) is 4.65. The van der Waals surface area contributed by atoms with Gasteiger partial charge in [-0.25, -0.2) is 0 Å². The minimum Gasteiger partial charge on any atom is -0.506 e. The lowest BCUT2D eigenvalue weighted by Gasteiger charge is -2.07. The minimum atomic E-state index is -0.0346. The van der Waals surface area contributed by atoms with Gasteiger partial charge in [-0.3, -0.25) is 4.99 Å². The average molecular weight is 401 g/mol. The molecule has 0 bridgehead atoms. The minimum absolute atomic E-state index is 0.0346. The molecule has 2 heterocycles. The molecule has 0 radical (unpaired) electrons. The Morgan fingerprint density at radius 2 is 1.85 bits per heavy atom. The Hall–Kier alpha value is -2.37. The molecule has 0 spiro atoms. The topological polar surface area (TPSA) is 63.3 Å². The monoisotopic (exact) mass is 400 g/mol. The number of phenols is 1. The van der Waals surface area contributed by atoms with Gasteiger partial charge in [-0.1, -0.05) is 29.6 Å². The van der Waals surface area contributed by atoms with Crippen LogP contribution in [0, 0.1) is 0 Å². The SMILES string of the molecule is Oc1c(Cl)cc(Cl)cc1C=Nc1ccc(-c2nnc3n2CCCCC3)cc1. The highest BCUT2D eigenvalue weighted by Gasteiger charge is 2.15. The standard InChI is InChI=1S/C20H18Cl2N4O/c21-15-10-14(19(27)17(22)11-15)12-23-16-7-5-13(6-8-16)20-25-24-18-4-2-1-3-9-26(18)20/h5-8,10-12,27H,1-4,9H2. The van der Waals surface area contributed by atoms with Crippen LogP contribution >= 0.6 is 23.2 Å². The third kappa shape index (κ3) is 3.84. The second-order valence-corrected chi connectivity index (χ2v) is 7.38. The summed E-state index contributed by atoms with van der Waals surface area (Å²) < 4.78 is 2.22. The van der Waals surface area contributed by atoms with E-state index in [9.17, 15) is 5.11 Å². The van der Waals surface area contributed by atoms with Crippen molar-refractivity contribution in [1.82, 2.24) is 14.8 Å². The van der Waals surface area contributed by atoms with E-state index in [4.69, 9.17) is 23.2 Å². The van der Waals surface area contributed by atoms with Crippen LogP contribution in [0.15, 0.2) is 41.4 Å². The van der Waals surface area contributed by atoms with Gasteiger partial charge in [-0.2, -0.15) is 0 Å². The van der Waals surface area contributed by atoms with Crippen molar-refractivity contribution in [1.29, 1.82) is 0 Å². The van der Waals surface area contributed by atoms with Crippen LogP contribution in [0.4, 0.5) is 5.69 Å². The van der Waals surface area contributed by atoms with Gasteiger partial charge in [-0.15, -0.1) is 10.2 Å². The number of aromatic nitrogens is 3. The summed E-state index contributed by atoms with van der Waals surface area (Å²) in [5.74, 6) is 1.94. The first-order valence-electron chi connectivity index (χ1n) is 8.86.